The van der Waals surface area contributed by atoms with Crippen LogP contribution in [0.2, 0.25) is 0 Å². The van der Waals surface area contributed by atoms with Crippen molar-refractivity contribution in [2.45, 2.75) is 32.4 Å². The molecular formula is C20H19N3O3. The lowest BCUT2D eigenvalue weighted by molar-refractivity contribution is -0.125. The van der Waals surface area contributed by atoms with Crippen molar-refractivity contribution in [3.8, 4) is 0 Å². The summed E-state index contributed by atoms with van der Waals surface area (Å²) in [6.07, 6.45) is 0.420. The van der Waals surface area contributed by atoms with Gasteiger partial charge in [0.2, 0.25) is 5.95 Å². The molecule has 1 N–H and O–H groups in total. The molecule has 3 aromatic rings. The van der Waals surface area contributed by atoms with Gasteiger partial charge in [-0.3, -0.25) is 10.1 Å². The van der Waals surface area contributed by atoms with E-state index in [9.17, 15) is 9.59 Å². The fraction of sp³-hybridized carbons (Fsp3) is 0.250. The van der Waals surface area contributed by atoms with Crippen LogP contribution >= 0.6 is 0 Å². The molecule has 0 saturated carbocycles. The van der Waals surface area contributed by atoms with E-state index >= 15 is 0 Å². The number of esters is 1. The quantitative estimate of drug-likeness (QED) is 0.734. The van der Waals surface area contributed by atoms with E-state index in [1.807, 2.05) is 41.0 Å². The van der Waals surface area contributed by atoms with Crippen LogP contribution in [0.4, 0.5) is 5.95 Å². The molecule has 0 bridgehead atoms. The van der Waals surface area contributed by atoms with E-state index < -0.39 is 12.1 Å². The molecule has 0 saturated heterocycles. The van der Waals surface area contributed by atoms with Gasteiger partial charge in [-0.2, -0.15) is 0 Å². The topological polar surface area (TPSA) is 73.2 Å². The molecule has 0 aliphatic carbocycles. The number of aryl methyl sites for hydroxylation is 1. The molecule has 1 aliphatic heterocycles. The highest BCUT2D eigenvalue weighted by molar-refractivity contribution is 6.00. The predicted molar refractivity (Wildman–Crippen MR) is 98.0 cm³/mol. The molecule has 2 heterocycles. The van der Waals surface area contributed by atoms with Crippen molar-refractivity contribution in [2.24, 2.45) is 0 Å². The molecule has 1 unspecified atom stereocenters. The number of nitrogens with zero attached hydrogens (tertiary/aromatic N) is 2. The maximum absolute atomic E-state index is 12.7. The lowest BCUT2D eigenvalue weighted by Gasteiger charge is -2.23. The molecule has 2 aromatic carbocycles. The highest BCUT2D eigenvalue weighted by Crippen LogP contribution is 2.23. The largest absolute Gasteiger partial charge is 0.448 e. The van der Waals surface area contributed by atoms with E-state index in [-0.39, 0.29) is 5.91 Å². The van der Waals surface area contributed by atoms with Gasteiger partial charge in [-0.25, -0.2) is 9.78 Å². The second kappa shape index (κ2) is 6.63. The van der Waals surface area contributed by atoms with Crippen LogP contribution < -0.4 is 5.32 Å². The van der Waals surface area contributed by atoms with Crippen LogP contribution in [0.1, 0.15) is 29.3 Å². The normalized spacial score (nSPS) is 16.2. The van der Waals surface area contributed by atoms with Crippen LogP contribution in [0.3, 0.4) is 0 Å². The minimum atomic E-state index is -0.854. The van der Waals surface area contributed by atoms with E-state index in [2.05, 4.69) is 17.2 Å². The Labute approximate surface area is 150 Å². The van der Waals surface area contributed by atoms with Gasteiger partial charge in [0.15, 0.2) is 6.10 Å². The minimum Gasteiger partial charge on any atom is -0.448 e. The number of cyclic esters (lactones) is 1. The van der Waals surface area contributed by atoms with Crippen LogP contribution in [0.25, 0.3) is 11.0 Å². The van der Waals surface area contributed by atoms with Crippen molar-refractivity contribution in [2.75, 3.05) is 5.32 Å². The molecule has 1 amide bonds. The van der Waals surface area contributed by atoms with Crippen molar-refractivity contribution in [1.29, 1.82) is 0 Å². The average molecular weight is 349 g/mol. The summed E-state index contributed by atoms with van der Waals surface area (Å²) in [4.78, 5) is 29.4. The summed E-state index contributed by atoms with van der Waals surface area (Å²) in [5.74, 6) is -0.345. The van der Waals surface area contributed by atoms with E-state index in [4.69, 9.17) is 4.74 Å². The van der Waals surface area contributed by atoms with Gasteiger partial charge in [0.1, 0.15) is 0 Å². The second-order valence-electron chi connectivity index (χ2n) is 6.32. The van der Waals surface area contributed by atoms with Gasteiger partial charge in [0, 0.05) is 13.0 Å². The number of fused-ring (bicyclic) bond motifs is 2. The second-order valence-corrected chi connectivity index (χ2v) is 6.32. The van der Waals surface area contributed by atoms with Crippen molar-refractivity contribution in [1.82, 2.24) is 9.55 Å². The Morgan fingerprint density at radius 2 is 2.00 bits per heavy atom. The van der Waals surface area contributed by atoms with Gasteiger partial charge in [-0.05, 0) is 30.2 Å². The summed E-state index contributed by atoms with van der Waals surface area (Å²) in [6, 6.07) is 15.0. The molecule has 6 nitrogen and oxygen atoms in total. The molecular weight excluding hydrogens is 330 g/mol. The number of para-hydroxylation sites is 2. The Bertz CT molecular complexity index is 993. The molecule has 132 valence electrons. The molecule has 0 spiro atoms. The van der Waals surface area contributed by atoms with Gasteiger partial charge in [-0.1, -0.05) is 37.3 Å². The summed E-state index contributed by atoms with van der Waals surface area (Å²) < 4.78 is 7.31. The van der Waals surface area contributed by atoms with Gasteiger partial charge in [-0.15, -0.1) is 0 Å². The number of hydrogen-bond acceptors (Lipinski definition) is 4. The van der Waals surface area contributed by atoms with E-state index in [1.165, 1.54) is 0 Å². The van der Waals surface area contributed by atoms with E-state index in [0.717, 1.165) is 29.6 Å². The maximum Gasteiger partial charge on any atom is 0.339 e. The molecule has 6 heteroatoms. The Hall–Kier alpha value is -3.15. The number of aromatic nitrogens is 2. The summed E-state index contributed by atoms with van der Waals surface area (Å²) in [6.45, 7) is 2.81. The van der Waals surface area contributed by atoms with Crippen LogP contribution in [-0.2, 0) is 22.5 Å². The van der Waals surface area contributed by atoms with E-state index in [0.29, 0.717) is 17.9 Å². The third kappa shape index (κ3) is 2.83. The summed E-state index contributed by atoms with van der Waals surface area (Å²) in [5, 5.41) is 2.84. The van der Waals surface area contributed by atoms with Gasteiger partial charge >= 0.3 is 5.97 Å². The zero-order valence-electron chi connectivity index (χ0n) is 14.4. The lowest BCUT2D eigenvalue weighted by atomic mass is 9.98. The van der Waals surface area contributed by atoms with Crippen LogP contribution in [0.5, 0.6) is 0 Å². The lowest BCUT2D eigenvalue weighted by Crippen LogP contribution is -2.38. The third-order valence-electron chi connectivity index (χ3n) is 4.52. The summed E-state index contributed by atoms with van der Waals surface area (Å²) >= 11 is 0. The molecule has 1 aliphatic rings. The summed E-state index contributed by atoms with van der Waals surface area (Å²) in [5.41, 5.74) is 3.14. The summed E-state index contributed by atoms with van der Waals surface area (Å²) in [7, 11) is 0. The van der Waals surface area contributed by atoms with Gasteiger partial charge in [0.05, 0.1) is 16.6 Å². The standard InChI is InChI=1S/C20H19N3O3/c1-2-11-23-16-10-6-5-9-15(16)21-20(23)22-18(24)17-12-13-7-3-4-8-14(13)19(25)26-17/h3-10,17H,2,11-12H2,1H3,(H,21,22,24). The van der Waals surface area contributed by atoms with Crippen molar-refractivity contribution >= 4 is 28.9 Å². The Balaban J connectivity index is 1.60. The van der Waals surface area contributed by atoms with E-state index in [1.54, 1.807) is 12.1 Å². The minimum absolute atomic E-state index is 0.361. The molecule has 4 rings (SSSR count). The number of anilines is 1. The molecule has 1 atom stereocenters. The smallest absolute Gasteiger partial charge is 0.339 e. The van der Waals surface area contributed by atoms with Crippen LogP contribution in [0, 0.1) is 0 Å². The maximum atomic E-state index is 12.7. The highest BCUT2D eigenvalue weighted by Gasteiger charge is 2.31. The number of amides is 1. The highest BCUT2D eigenvalue weighted by atomic mass is 16.5. The van der Waals surface area contributed by atoms with Crippen LogP contribution in [0.15, 0.2) is 48.5 Å². The number of carbonyl (C=O) groups is 2. The fourth-order valence-electron chi connectivity index (χ4n) is 3.29. The number of hydrogen-bond donors (Lipinski definition) is 1. The third-order valence-corrected chi connectivity index (χ3v) is 4.52. The number of carbonyl (C=O) groups excluding carboxylic acids is 2. The number of nitrogens with one attached hydrogen (secondary N) is 1. The Morgan fingerprint density at radius 3 is 2.85 bits per heavy atom. The van der Waals surface area contributed by atoms with Gasteiger partial charge in [0.25, 0.3) is 5.91 Å². The van der Waals surface area contributed by atoms with Crippen molar-refractivity contribution < 1.29 is 14.3 Å². The number of imidazole rings is 1. The zero-order chi connectivity index (χ0) is 18.1. The van der Waals surface area contributed by atoms with Crippen molar-refractivity contribution in [3.63, 3.8) is 0 Å². The predicted octanol–water partition coefficient (Wildman–Crippen LogP) is 3.17. The first kappa shape index (κ1) is 16.3. The number of benzene rings is 2. The Morgan fingerprint density at radius 1 is 1.23 bits per heavy atom. The molecule has 26 heavy (non-hydrogen) atoms. The first-order valence-corrected chi connectivity index (χ1v) is 8.72. The zero-order valence-corrected chi connectivity index (χ0v) is 14.4. The SMILES string of the molecule is CCCn1c(NC(=O)C2Cc3ccccc3C(=O)O2)nc2ccccc21. The van der Waals surface area contributed by atoms with Crippen molar-refractivity contribution in [3.05, 3.63) is 59.7 Å². The molecule has 0 radical (unpaired) electrons. The first-order chi connectivity index (χ1) is 12.7. The monoisotopic (exact) mass is 349 g/mol. The van der Waals surface area contributed by atoms with Gasteiger partial charge < -0.3 is 9.30 Å². The van der Waals surface area contributed by atoms with Crippen LogP contribution in [-0.4, -0.2) is 27.5 Å². The molecule has 0 fully saturated rings. The first-order valence-electron chi connectivity index (χ1n) is 8.72. The average Bonchev–Trinajstić information content (AvgIpc) is 2.99. The Kier molecular flexibility index (Phi) is 4.16. The molecule has 1 aromatic heterocycles. The number of rotatable bonds is 4. The fourth-order valence-corrected chi connectivity index (χ4v) is 3.29. The number of ether oxygens (including phenoxy) is 1.